The number of anilines is 2. The van der Waals surface area contributed by atoms with Gasteiger partial charge in [0.1, 0.15) is 16.2 Å². The molecule has 0 saturated carbocycles. The fourth-order valence-electron chi connectivity index (χ4n) is 6.29. The summed E-state index contributed by atoms with van der Waals surface area (Å²) in [7, 11) is -12.2. The van der Waals surface area contributed by atoms with Crippen LogP contribution in [0.15, 0.2) is 177 Å². The Hall–Kier alpha value is -7.67. The van der Waals surface area contributed by atoms with Crippen LogP contribution in [0.3, 0.4) is 0 Å². The smallest absolute Gasteiger partial charge is 0.304 e. The van der Waals surface area contributed by atoms with Crippen molar-refractivity contribution < 1.29 is 53.5 Å². The first-order valence-corrected chi connectivity index (χ1v) is 27.0. The van der Waals surface area contributed by atoms with Crippen LogP contribution in [0.5, 0.6) is 5.75 Å². The van der Waals surface area contributed by atoms with E-state index in [4.69, 9.17) is 25.3 Å². The number of thiophene rings is 1. The van der Waals surface area contributed by atoms with Crippen molar-refractivity contribution in [3.8, 4) is 16.4 Å². The van der Waals surface area contributed by atoms with E-state index >= 15 is 0 Å². The molecule has 19 nitrogen and oxygen atoms in total. The molecular weight excluding hydrogens is 1040 g/mol. The van der Waals surface area contributed by atoms with Gasteiger partial charge in [-0.2, -0.15) is 8.42 Å². The molecule has 0 amide bonds. The summed E-state index contributed by atoms with van der Waals surface area (Å²) in [5.41, 5.74) is 1.10. The molecular formula is C49H43ClN6O13S4. The van der Waals surface area contributed by atoms with Crippen LogP contribution < -0.4 is 14.2 Å². The highest BCUT2D eigenvalue weighted by Gasteiger charge is 2.25. The van der Waals surface area contributed by atoms with E-state index in [-0.39, 0.29) is 65.2 Å². The zero-order valence-corrected chi connectivity index (χ0v) is 42.8. The largest absolute Gasteiger partial charge is 0.491 e. The molecule has 4 aromatic carbocycles. The first-order chi connectivity index (χ1) is 34.5. The zero-order valence-electron chi connectivity index (χ0n) is 38.8. The van der Waals surface area contributed by atoms with E-state index < -0.39 is 46.6 Å². The molecule has 0 saturated heterocycles. The molecule has 0 atom stereocenters. The molecule has 4 aromatic heterocycles. The van der Waals surface area contributed by atoms with Gasteiger partial charge >= 0.3 is 10.1 Å². The van der Waals surface area contributed by atoms with Gasteiger partial charge in [-0.15, -0.1) is 11.3 Å². The predicted molar refractivity (Wildman–Crippen MR) is 274 cm³/mol. The Balaban J connectivity index is 0.000000190. The second-order valence-electron chi connectivity index (χ2n) is 15.8. The number of rotatable bonds is 16. The number of hydrogen-bond acceptors (Lipinski definition) is 16. The van der Waals surface area contributed by atoms with Crippen LogP contribution in [0.2, 0.25) is 5.02 Å². The Labute approximate surface area is 428 Å². The molecule has 0 radical (unpaired) electrons. The summed E-state index contributed by atoms with van der Waals surface area (Å²) in [6.07, 6.45) is 4.83. The lowest BCUT2D eigenvalue weighted by Crippen LogP contribution is -2.17. The summed E-state index contributed by atoms with van der Waals surface area (Å²) >= 11 is 6.92. The number of halogens is 1. The number of hydrogen-bond donors (Lipinski definition) is 3. The highest BCUT2D eigenvalue weighted by atomic mass is 35.5. The molecule has 0 bridgehead atoms. The molecule has 24 heteroatoms. The third kappa shape index (κ3) is 14.7. The number of ketones is 2. The molecule has 0 aliphatic heterocycles. The van der Waals surface area contributed by atoms with Crippen molar-refractivity contribution in [1.82, 2.24) is 15.0 Å². The van der Waals surface area contributed by atoms with Crippen LogP contribution >= 0.6 is 22.9 Å². The topological polar surface area (TPSA) is 285 Å². The SMILES string of the molecule is CC(C)Oc1ccc(S(=O)(=O)Nc2ncc([N+](=O)[O-])cc2C(=O)c2ccccc2)cc1.CC(C)c1ccc(S(=O)(=O)Nc2ncc(Cl)cc2C(=O)c2ccccc2)cc1.O=S(=O)(O)c1ccc(-c2cnco2)s1. The van der Waals surface area contributed by atoms with Gasteiger partial charge in [-0.05, 0) is 79.9 Å². The zero-order chi connectivity index (χ0) is 53.1. The molecule has 378 valence electrons. The van der Waals surface area contributed by atoms with Gasteiger partial charge in [0.2, 0.25) is 0 Å². The molecule has 3 N–H and O–H groups in total. The van der Waals surface area contributed by atoms with Crippen LogP contribution in [0.4, 0.5) is 17.3 Å². The average Bonchev–Trinajstić information content (AvgIpc) is 4.10. The minimum Gasteiger partial charge on any atom is -0.491 e. The number of nitrogens with zero attached hydrogens (tertiary/aromatic N) is 4. The highest BCUT2D eigenvalue weighted by Crippen LogP contribution is 2.31. The van der Waals surface area contributed by atoms with E-state index in [0.717, 1.165) is 29.2 Å². The second-order valence-corrected chi connectivity index (χ2v) is 22.4. The van der Waals surface area contributed by atoms with E-state index in [0.29, 0.717) is 22.0 Å². The van der Waals surface area contributed by atoms with E-state index in [2.05, 4.69) is 24.4 Å². The number of benzene rings is 4. The van der Waals surface area contributed by atoms with Crippen molar-refractivity contribution in [2.75, 3.05) is 9.44 Å². The number of aromatic nitrogens is 3. The lowest BCUT2D eigenvalue weighted by Gasteiger charge is -2.13. The lowest BCUT2D eigenvalue weighted by atomic mass is 10.0. The Morgan fingerprint density at radius 1 is 0.699 bits per heavy atom. The van der Waals surface area contributed by atoms with Gasteiger partial charge in [-0.3, -0.25) is 33.7 Å². The van der Waals surface area contributed by atoms with E-state index in [1.54, 1.807) is 66.7 Å². The minimum absolute atomic E-state index is 0.0637. The van der Waals surface area contributed by atoms with Crippen molar-refractivity contribution >= 4 is 82.0 Å². The monoisotopic (exact) mass is 1090 g/mol. The highest BCUT2D eigenvalue weighted by molar-refractivity contribution is 7.93. The average molecular weight is 1090 g/mol. The van der Waals surface area contributed by atoms with Crippen LogP contribution in [-0.2, 0) is 30.2 Å². The quantitative estimate of drug-likeness (QED) is 0.0351. The predicted octanol–water partition coefficient (Wildman–Crippen LogP) is 10.3. The first kappa shape index (κ1) is 54.7. The van der Waals surface area contributed by atoms with Gasteiger partial charge in [0.15, 0.2) is 35.4 Å². The molecule has 0 aliphatic carbocycles. The van der Waals surface area contributed by atoms with Gasteiger partial charge in [0.25, 0.3) is 25.7 Å². The molecule has 8 rings (SSSR count). The first-order valence-electron chi connectivity index (χ1n) is 21.4. The fraction of sp³-hybridized carbons (Fsp3) is 0.122. The van der Waals surface area contributed by atoms with E-state index in [1.165, 1.54) is 79.5 Å². The van der Waals surface area contributed by atoms with Crippen LogP contribution in [0.25, 0.3) is 10.6 Å². The van der Waals surface area contributed by atoms with Gasteiger partial charge < -0.3 is 9.15 Å². The molecule has 0 unspecified atom stereocenters. The molecule has 73 heavy (non-hydrogen) atoms. The standard InChI is InChI=1S/C21H19ClN2O3S.C21H19N3O6S.C7H5NO4S2/c1-14(2)15-8-10-18(11-9-15)28(26,27)24-21-19(12-17(22)13-23-21)20(25)16-6-4-3-5-7-16;1-14(2)30-17-8-10-18(11-9-17)31(28,29)23-21-19(12-16(13-22-21)24(26)27)20(25)15-6-4-3-5-7-15;9-14(10,11)7-2-1-6(13-7)5-3-8-4-12-5/h3-14H,1-2H3,(H,23,24);3-14H,1-2H3,(H,22,23);1-4H,(H,9,10,11). The Bertz CT molecular complexity index is 3560. The summed E-state index contributed by atoms with van der Waals surface area (Å²) in [4.78, 5) is 48.3. The third-order valence-electron chi connectivity index (χ3n) is 9.84. The summed E-state index contributed by atoms with van der Waals surface area (Å²) in [6.45, 7) is 7.75. The maximum atomic E-state index is 12.9. The van der Waals surface area contributed by atoms with Gasteiger partial charge in [-0.1, -0.05) is 98.2 Å². The normalized spacial score (nSPS) is 11.4. The number of oxazole rings is 1. The van der Waals surface area contributed by atoms with Crippen LogP contribution in [-0.4, -0.2) is 67.4 Å². The maximum absolute atomic E-state index is 12.9. The van der Waals surface area contributed by atoms with Gasteiger partial charge in [0.05, 0.1) is 48.0 Å². The Morgan fingerprint density at radius 2 is 1.21 bits per heavy atom. The molecule has 8 aromatic rings. The molecule has 0 aliphatic rings. The number of carbonyl (C=O) groups excluding carboxylic acids is 2. The number of pyridine rings is 2. The second kappa shape index (κ2) is 23.7. The maximum Gasteiger partial charge on any atom is 0.304 e. The van der Waals surface area contributed by atoms with Gasteiger partial charge in [0, 0.05) is 23.4 Å². The third-order valence-corrected chi connectivity index (χ3v) is 15.2. The summed E-state index contributed by atoms with van der Waals surface area (Å²) in [6, 6.07) is 34.1. The minimum atomic E-state index is -4.12. The van der Waals surface area contributed by atoms with E-state index in [1.807, 2.05) is 27.7 Å². The lowest BCUT2D eigenvalue weighted by molar-refractivity contribution is -0.385. The summed E-state index contributed by atoms with van der Waals surface area (Å²) in [5, 5.41) is 11.4. The van der Waals surface area contributed by atoms with Crippen molar-refractivity contribution in [2.24, 2.45) is 0 Å². The Morgan fingerprint density at radius 3 is 1.66 bits per heavy atom. The van der Waals surface area contributed by atoms with Gasteiger partial charge in [-0.25, -0.2) is 31.8 Å². The Kier molecular flexibility index (Phi) is 17.7. The van der Waals surface area contributed by atoms with Crippen molar-refractivity contribution in [2.45, 2.75) is 53.7 Å². The summed E-state index contributed by atoms with van der Waals surface area (Å²) < 4.78 is 96.5. The van der Waals surface area contributed by atoms with Crippen LogP contribution in [0, 0.1) is 10.1 Å². The van der Waals surface area contributed by atoms with Crippen LogP contribution in [0.1, 0.15) is 71.0 Å². The summed E-state index contributed by atoms with van der Waals surface area (Å²) in [5.74, 6) is -0.0724. The van der Waals surface area contributed by atoms with Crippen molar-refractivity contribution in [3.63, 3.8) is 0 Å². The number of sulfonamides is 2. The fourth-order valence-corrected chi connectivity index (χ4v) is 10.1. The molecule has 0 spiro atoms. The number of nitrogens with one attached hydrogen (secondary N) is 2. The van der Waals surface area contributed by atoms with Crippen molar-refractivity contribution in [1.29, 1.82) is 0 Å². The molecule has 4 heterocycles. The molecule has 0 fully saturated rings. The number of nitro groups is 1. The number of ether oxygens (including phenoxy) is 1. The van der Waals surface area contributed by atoms with E-state index in [9.17, 15) is 45.0 Å². The number of carbonyl (C=O) groups is 2. The van der Waals surface area contributed by atoms with Crippen molar-refractivity contribution in [3.05, 3.63) is 201 Å².